The molecule has 0 atom stereocenters. The first-order valence-corrected chi connectivity index (χ1v) is 4.44. The summed E-state index contributed by atoms with van der Waals surface area (Å²) in [6.45, 7) is 0. The molecule has 0 aliphatic rings. The third-order valence-electron chi connectivity index (χ3n) is 2.06. The molecule has 0 fully saturated rings. The van der Waals surface area contributed by atoms with Crippen LogP contribution in [0.1, 0.15) is 15.9 Å². The Balaban J connectivity index is 3.50. The van der Waals surface area contributed by atoms with Crippen molar-refractivity contribution < 1.29 is 37.7 Å². The molecule has 0 bridgehead atoms. The zero-order valence-electron chi connectivity index (χ0n) is 8.91. The molecule has 1 aromatic carbocycles. The fourth-order valence-corrected chi connectivity index (χ4v) is 1.23. The van der Waals surface area contributed by atoms with E-state index >= 15 is 0 Å². The Morgan fingerprint density at radius 1 is 1.28 bits per heavy atom. The van der Waals surface area contributed by atoms with Crippen LogP contribution in [0, 0.1) is 0 Å². The highest BCUT2D eigenvalue weighted by atomic mass is 19.4. The average molecular weight is 264 g/mol. The zero-order valence-corrected chi connectivity index (χ0v) is 8.91. The van der Waals surface area contributed by atoms with E-state index in [1.54, 1.807) is 0 Å². The Morgan fingerprint density at radius 2 is 1.83 bits per heavy atom. The molecule has 0 saturated carbocycles. The molecule has 0 radical (unpaired) electrons. The number of ketones is 1. The minimum Gasteiger partial charge on any atom is -0.504 e. The molecule has 2 N–H and O–H groups in total. The van der Waals surface area contributed by atoms with Crippen LogP contribution in [-0.2, 0) is 11.0 Å². The number of hydrogen-bond acceptors (Lipinski definition) is 4. The molecule has 8 heteroatoms. The number of benzene rings is 1. The predicted octanol–water partition coefficient (Wildman–Crippen LogP) is 1.69. The van der Waals surface area contributed by atoms with Crippen LogP contribution in [0.2, 0.25) is 0 Å². The van der Waals surface area contributed by atoms with Crippen molar-refractivity contribution in [2.24, 2.45) is 0 Å². The Morgan fingerprint density at radius 3 is 2.22 bits per heavy atom. The lowest BCUT2D eigenvalue weighted by Gasteiger charge is -2.13. The van der Waals surface area contributed by atoms with Crippen LogP contribution in [0.25, 0.3) is 0 Å². The van der Waals surface area contributed by atoms with Gasteiger partial charge in [0.2, 0.25) is 0 Å². The first kappa shape index (κ1) is 13.8. The Hall–Kier alpha value is -2.25. The summed E-state index contributed by atoms with van der Waals surface area (Å²) in [5.41, 5.74) is -2.27. The lowest BCUT2D eigenvalue weighted by Crippen LogP contribution is -2.15. The van der Waals surface area contributed by atoms with Gasteiger partial charge in [-0.25, -0.2) is 4.79 Å². The van der Waals surface area contributed by atoms with E-state index in [0.29, 0.717) is 0 Å². The zero-order chi connectivity index (χ0) is 14.1. The van der Waals surface area contributed by atoms with Gasteiger partial charge in [-0.1, -0.05) is 0 Å². The van der Waals surface area contributed by atoms with E-state index in [1.165, 1.54) is 0 Å². The van der Waals surface area contributed by atoms with E-state index in [0.717, 1.165) is 13.2 Å². The number of hydrogen-bond donors (Lipinski definition) is 2. The molecule has 1 rings (SSSR count). The van der Waals surface area contributed by atoms with E-state index in [1.807, 2.05) is 0 Å². The second kappa shape index (κ2) is 4.55. The number of carbonyl (C=O) groups is 2. The molecule has 5 nitrogen and oxygen atoms in total. The molecule has 98 valence electrons. The van der Waals surface area contributed by atoms with Gasteiger partial charge in [0.05, 0.1) is 7.11 Å². The van der Waals surface area contributed by atoms with Crippen LogP contribution < -0.4 is 4.74 Å². The molecule has 0 aromatic heterocycles. The molecule has 18 heavy (non-hydrogen) atoms. The maximum Gasteiger partial charge on any atom is 0.420 e. The van der Waals surface area contributed by atoms with Gasteiger partial charge in [0.1, 0.15) is 5.56 Å². The highest BCUT2D eigenvalue weighted by Gasteiger charge is 2.36. The van der Waals surface area contributed by atoms with Crippen LogP contribution in [0.5, 0.6) is 11.5 Å². The Bertz CT molecular complexity index is 507. The maximum absolute atomic E-state index is 12.5. The number of carbonyl (C=O) groups excluding carboxylic acids is 1. The number of carboxylic acid groups (broad SMARTS) is 1. The second-order valence-electron chi connectivity index (χ2n) is 3.21. The number of aliphatic carboxylic acids is 1. The number of rotatable bonds is 3. The molecule has 1 aromatic rings. The SMILES string of the molecule is COc1cc(C(=O)C(=O)O)cc(C(F)(F)F)c1O. The molecule has 0 heterocycles. The van der Waals surface area contributed by atoms with Gasteiger partial charge in [0, 0.05) is 5.56 Å². The Labute approximate surface area is 98.4 Å². The average Bonchev–Trinajstić information content (AvgIpc) is 2.26. The van der Waals surface area contributed by atoms with Gasteiger partial charge in [-0.2, -0.15) is 13.2 Å². The largest absolute Gasteiger partial charge is 0.504 e. The number of phenolic OH excluding ortho intramolecular Hbond substituents is 1. The molecule has 0 amide bonds. The maximum atomic E-state index is 12.5. The third-order valence-corrected chi connectivity index (χ3v) is 2.06. The number of carboxylic acids is 1. The van der Waals surface area contributed by atoms with E-state index in [4.69, 9.17) is 5.11 Å². The number of methoxy groups -OCH3 is 1. The number of halogens is 3. The van der Waals surface area contributed by atoms with Gasteiger partial charge in [0.15, 0.2) is 11.5 Å². The molecular formula is C10H7F3O5. The van der Waals surface area contributed by atoms with Crippen LogP contribution in [0.4, 0.5) is 13.2 Å². The normalized spacial score (nSPS) is 11.1. The molecule has 0 saturated heterocycles. The van der Waals surface area contributed by atoms with Crippen molar-refractivity contribution >= 4 is 11.8 Å². The minimum absolute atomic E-state index is 0.258. The summed E-state index contributed by atoms with van der Waals surface area (Å²) in [6.07, 6.45) is -4.94. The summed E-state index contributed by atoms with van der Waals surface area (Å²) >= 11 is 0. The fraction of sp³-hybridized carbons (Fsp3) is 0.200. The smallest absolute Gasteiger partial charge is 0.420 e. The fourth-order valence-electron chi connectivity index (χ4n) is 1.23. The van der Waals surface area contributed by atoms with E-state index < -0.39 is 40.6 Å². The lowest BCUT2D eigenvalue weighted by atomic mass is 10.0. The molecule has 0 unspecified atom stereocenters. The third kappa shape index (κ3) is 2.53. The van der Waals surface area contributed by atoms with Crippen molar-refractivity contribution in [1.29, 1.82) is 0 Å². The van der Waals surface area contributed by atoms with Gasteiger partial charge in [0.25, 0.3) is 5.78 Å². The monoisotopic (exact) mass is 264 g/mol. The highest BCUT2D eigenvalue weighted by Crippen LogP contribution is 2.41. The number of alkyl halides is 3. The van der Waals surface area contributed by atoms with Crippen molar-refractivity contribution in [3.63, 3.8) is 0 Å². The first-order valence-electron chi connectivity index (χ1n) is 4.44. The molecule has 0 aliphatic carbocycles. The first-order chi connectivity index (χ1) is 8.18. The van der Waals surface area contributed by atoms with Gasteiger partial charge in [-0.3, -0.25) is 4.79 Å². The van der Waals surface area contributed by atoms with E-state index in [2.05, 4.69) is 4.74 Å². The van der Waals surface area contributed by atoms with Gasteiger partial charge < -0.3 is 14.9 Å². The van der Waals surface area contributed by atoms with E-state index in [9.17, 15) is 27.9 Å². The van der Waals surface area contributed by atoms with Crippen molar-refractivity contribution in [2.75, 3.05) is 7.11 Å². The van der Waals surface area contributed by atoms with Crippen molar-refractivity contribution in [1.82, 2.24) is 0 Å². The standard InChI is InChI=1S/C10H7F3O5/c1-18-6-3-4(7(14)9(16)17)2-5(8(6)15)10(11,12)13/h2-3,15H,1H3,(H,16,17). The summed E-state index contributed by atoms with van der Waals surface area (Å²) in [5, 5.41) is 17.7. The number of phenols is 1. The van der Waals surface area contributed by atoms with Gasteiger partial charge >= 0.3 is 12.1 Å². The minimum atomic E-state index is -4.94. The summed E-state index contributed by atoms with van der Waals surface area (Å²) in [5.74, 6) is -5.27. The van der Waals surface area contributed by atoms with Crippen LogP contribution in [-0.4, -0.2) is 29.1 Å². The van der Waals surface area contributed by atoms with Gasteiger partial charge in [-0.15, -0.1) is 0 Å². The topological polar surface area (TPSA) is 83.8 Å². The van der Waals surface area contributed by atoms with E-state index in [-0.39, 0.29) is 6.07 Å². The van der Waals surface area contributed by atoms with Crippen LogP contribution in [0.3, 0.4) is 0 Å². The summed E-state index contributed by atoms with van der Waals surface area (Å²) in [4.78, 5) is 21.5. The molecule has 0 spiro atoms. The second-order valence-corrected chi connectivity index (χ2v) is 3.21. The van der Waals surface area contributed by atoms with Crippen molar-refractivity contribution in [2.45, 2.75) is 6.18 Å². The predicted molar refractivity (Wildman–Crippen MR) is 51.6 cm³/mol. The molecular weight excluding hydrogens is 257 g/mol. The van der Waals surface area contributed by atoms with Crippen LogP contribution in [0.15, 0.2) is 12.1 Å². The van der Waals surface area contributed by atoms with Crippen LogP contribution >= 0.6 is 0 Å². The summed E-state index contributed by atoms with van der Waals surface area (Å²) in [6, 6.07) is 0.981. The van der Waals surface area contributed by atoms with Gasteiger partial charge in [-0.05, 0) is 12.1 Å². The lowest BCUT2D eigenvalue weighted by molar-refractivity contribution is -0.139. The summed E-state index contributed by atoms with van der Waals surface area (Å²) in [7, 11) is 0.976. The molecule has 0 aliphatic heterocycles. The number of ether oxygens (including phenoxy) is 1. The van der Waals surface area contributed by atoms with Crippen molar-refractivity contribution in [3.8, 4) is 11.5 Å². The number of aromatic hydroxyl groups is 1. The number of Topliss-reactive ketones (excluding diaryl/α,β-unsaturated/α-hetero) is 1. The quantitative estimate of drug-likeness (QED) is 0.641. The van der Waals surface area contributed by atoms with Crippen molar-refractivity contribution in [3.05, 3.63) is 23.3 Å². The Kier molecular flexibility index (Phi) is 3.49. The highest BCUT2D eigenvalue weighted by molar-refractivity contribution is 6.40. The summed E-state index contributed by atoms with van der Waals surface area (Å²) < 4.78 is 42.1.